The summed E-state index contributed by atoms with van der Waals surface area (Å²) < 4.78 is 33.8. The third-order valence-electron chi connectivity index (χ3n) is 11.5. The summed E-state index contributed by atoms with van der Waals surface area (Å²) in [5.74, 6) is -0.494. The molecule has 0 aliphatic heterocycles. The Labute approximate surface area is 406 Å². The Morgan fingerprint density at radius 2 is 0.667 bits per heavy atom. The minimum atomic E-state index is -0.820. The first kappa shape index (κ1) is 51.2. The van der Waals surface area contributed by atoms with Crippen LogP contribution in [0.5, 0.6) is 34.5 Å². The molecule has 0 saturated heterocycles. The van der Waals surface area contributed by atoms with Gasteiger partial charge in [-0.1, -0.05) is 134 Å². The monoisotopic (exact) mass is 932 g/mol. The molecule has 0 saturated carbocycles. The van der Waals surface area contributed by atoms with Crippen molar-refractivity contribution < 1.29 is 47.6 Å². The van der Waals surface area contributed by atoms with Crippen LogP contribution < -0.4 is 28.4 Å². The Balaban J connectivity index is 0.874. The fraction of sp³-hybridized carbons (Fsp3) is 0.322. The number of carbonyl (C=O) groups excluding carboxylic acids is 4. The molecule has 1 atom stereocenters. The summed E-state index contributed by atoms with van der Waals surface area (Å²) in [5, 5.41) is 0. The summed E-state index contributed by atoms with van der Waals surface area (Å²) in [5.41, 5.74) is 4.69. The summed E-state index contributed by atoms with van der Waals surface area (Å²) in [6.45, 7) is 7.42. The van der Waals surface area contributed by atoms with Crippen molar-refractivity contribution in [2.75, 3.05) is 13.2 Å². The van der Waals surface area contributed by atoms with Crippen LogP contribution in [0.1, 0.15) is 125 Å². The molecule has 0 radical (unpaired) electrons. The molecule has 0 spiro atoms. The van der Waals surface area contributed by atoms with Crippen molar-refractivity contribution in [2.45, 2.75) is 104 Å². The molecule has 6 rings (SSSR count). The van der Waals surface area contributed by atoms with Crippen LogP contribution in [0.3, 0.4) is 0 Å². The van der Waals surface area contributed by atoms with Crippen molar-refractivity contribution >= 4 is 23.9 Å². The molecule has 69 heavy (non-hydrogen) atoms. The third-order valence-corrected chi connectivity index (χ3v) is 11.5. The number of carbonyl (C=O) groups is 4. The highest BCUT2D eigenvalue weighted by Crippen LogP contribution is 2.27. The van der Waals surface area contributed by atoms with Crippen molar-refractivity contribution in [1.29, 1.82) is 0 Å². The zero-order chi connectivity index (χ0) is 48.6. The summed E-state index contributed by atoms with van der Waals surface area (Å²) in [6.07, 6.45) is 14.4. The van der Waals surface area contributed by atoms with Gasteiger partial charge in [-0.2, -0.15) is 0 Å². The van der Waals surface area contributed by atoms with Crippen molar-refractivity contribution in [1.82, 2.24) is 0 Å². The van der Waals surface area contributed by atoms with Crippen molar-refractivity contribution in [2.24, 2.45) is 5.92 Å². The van der Waals surface area contributed by atoms with Gasteiger partial charge in [-0.05, 0) is 132 Å². The second-order valence-corrected chi connectivity index (χ2v) is 17.2. The molecule has 6 aromatic carbocycles. The molecule has 0 aliphatic rings. The number of ether oxygens (including phenoxy) is 6. The average molecular weight is 933 g/mol. The second-order valence-electron chi connectivity index (χ2n) is 17.2. The van der Waals surface area contributed by atoms with Crippen LogP contribution in [0.15, 0.2) is 146 Å². The molecule has 0 heterocycles. The predicted octanol–water partition coefficient (Wildman–Crippen LogP) is 14.5. The second kappa shape index (κ2) is 27.6. The minimum Gasteiger partial charge on any atom is -0.494 e. The summed E-state index contributed by atoms with van der Waals surface area (Å²) >= 11 is 0. The van der Waals surface area contributed by atoms with Crippen LogP contribution in [-0.4, -0.2) is 37.1 Å². The molecule has 0 fully saturated rings. The van der Waals surface area contributed by atoms with Crippen molar-refractivity contribution in [3.05, 3.63) is 157 Å². The van der Waals surface area contributed by atoms with Crippen molar-refractivity contribution in [3.8, 4) is 56.8 Å². The van der Waals surface area contributed by atoms with Gasteiger partial charge in [0.2, 0.25) is 0 Å². The fourth-order valence-electron chi connectivity index (χ4n) is 7.44. The largest absolute Gasteiger partial charge is 0.494 e. The molecule has 10 nitrogen and oxygen atoms in total. The zero-order valence-corrected chi connectivity index (χ0v) is 40.1. The first-order valence-corrected chi connectivity index (χ1v) is 24.4. The van der Waals surface area contributed by atoms with Crippen LogP contribution in [-0.2, 0) is 9.59 Å². The first-order chi connectivity index (χ1) is 33.7. The molecule has 6 aromatic rings. The van der Waals surface area contributed by atoms with Crippen LogP contribution in [0.2, 0.25) is 0 Å². The van der Waals surface area contributed by atoms with E-state index in [1.165, 1.54) is 113 Å². The van der Waals surface area contributed by atoms with Crippen LogP contribution >= 0.6 is 0 Å². The molecule has 0 aromatic heterocycles. The Bertz CT molecular complexity index is 2500. The van der Waals surface area contributed by atoms with E-state index in [1.807, 2.05) is 72.8 Å². The van der Waals surface area contributed by atoms with Gasteiger partial charge in [0.25, 0.3) is 0 Å². The van der Waals surface area contributed by atoms with E-state index in [4.69, 9.17) is 28.4 Å². The lowest BCUT2D eigenvalue weighted by atomic mass is 10.0. The number of rotatable bonds is 27. The van der Waals surface area contributed by atoms with E-state index in [1.54, 1.807) is 31.2 Å². The number of benzene rings is 6. The average Bonchev–Trinajstić information content (AvgIpc) is 3.37. The normalized spacial score (nSPS) is 11.3. The topological polar surface area (TPSA) is 124 Å². The minimum absolute atomic E-state index is 0.221. The lowest BCUT2D eigenvalue weighted by Gasteiger charge is -2.12. The highest BCUT2D eigenvalue weighted by Gasteiger charge is 2.21. The fourth-order valence-corrected chi connectivity index (χ4v) is 7.44. The Morgan fingerprint density at radius 1 is 0.362 bits per heavy atom. The van der Waals surface area contributed by atoms with E-state index in [-0.39, 0.29) is 29.4 Å². The zero-order valence-electron chi connectivity index (χ0n) is 40.1. The van der Waals surface area contributed by atoms with E-state index in [9.17, 15) is 19.2 Å². The number of hydrogen-bond acceptors (Lipinski definition) is 10. The molecule has 360 valence electrons. The van der Waals surface area contributed by atoms with Gasteiger partial charge in [0.1, 0.15) is 34.5 Å². The van der Waals surface area contributed by atoms with E-state index in [2.05, 4.69) is 13.8 Å². The summed E-state index contributed by atoms with van der Waals surface area (Å²) in [7, 11) is 0. The Hall–Kier alpha value is -7.20. The molecule has 0 amide bonds. The van der Waals surface area contributed by atoms with Gasteiger partial charge >= 0.3 is 23.9 Å². The van der Waals surface area contributed by atoms with Gasteiger partial charge in [0, 0.05) is 0 Å². The standard InChI is InChI=1S/C59H64O10/c1-4-6-8-10-12-14-40-64-50-28-24-46(25-29-50)44-16-20-48(21-17-44)58(62)68-54-34-32-52(33-35-54)66-56(60)42-43(3)57(61)67-53-36-38-55(39-37-53)69-59(63)49-22-18-45(19-23-49)47-26-30-51(31-27-47)65-41-15-13-11-9-7-5-2/h16-39,43H,4-15,40-42H2,1-3H3. The molecule has 0 bridgehead atoms. The maximum atomic E-state index is 12.9. The maximum Gasteiger partial charge on any atom is 0.343 e. The van der Waals surface area contributed by atoms with E-state index in [0.29, 0.717) is 24.3 Å². The summed E-state index contributed by atoms with van der Waals surface area (Å²) in [4.78, 5) is 51.4. The number of unbranched alkanes of at least 4 members (excludes halogenated alkanes) is 10. The van der Waals surface area contributed by atoms with Crippen LogP contribution in [0.25, 0.3) is 22.3 Å². The highest BCUT2D eigenvalue weighted by molar-refractivity contribution is 5.92. The SMILES string of the molecule is CCCCCCCCOc1ccc(-c2ccc(C(=O)Oc3ccc(OC(=O)CC(C)C(=O)Oc4ccc(OC(=O)c5ccc(-c6ccc(OCCCCCCCC)cc6)cc5)cc4)cc3)cc2)cc1. The van der Waals surface area contributed by atoms with Gasteiger partial charge in [-0.15, -0.1) is 0 Å². The lowest BCUT2D eigenvalue weighted by Crippen LogP contribution is -2.23. The molecule has 0 N–H and O–H groups in total. The van der Waals surface area contributed by atoms with Gasteiger partial charge in [-0.25, -0.2) is 9.59 Å². The van der Waals surface area contributed by atoms with Crippen LogP contribution in [0, 0.1) is 5.92 Å². The molecular weight excluding hydrogens is 869 g/mol. The molecule has 0 aliphatic carbocycles. The van der Waals surface area contributed by atoms with E-state index in [0.717, 1.165) is 46.6 Å². The third kappa shape index (κ3) is 17.1. The lowest BCUT2D eigenvalue weighted by molar-refractivity contribution is -0.144. The predicted molar refractivity (Wildman–Crippen MR) is 269 cm³/mol. The Morgan fingerprint density at radius 3 is 1.04 bits per heavy atom. The van der Waals surface area contributed by atoms with Crippen molar-refractivity contribution in [3.63, 3.8) is 0 Å². The highest BCUT2D eigenvalue weighted by atomic mass is 16.6. The first-order valence-electron chi connectivity index (χ1n) is 24.4. The molecule has 10 heteroatoms. The quantitative estimate of drug-likeness (QED) is 0.0280. The Kier molecular flexibility index (Phi) is 20.5. The molecule has 1 unspecified atom stereocenters. The maximum absolute atomic E-state index is 12.9. The van der Waals surface area contributed by atoms with Gasteiger partial charge in [-0.3, -0.25) is 9.59 Å². The number of hydrogen-bond donors (Lipinski definition) is 0. The van der Waals surface area contributed by atoms with Gasteiger partial charge in [0.05, 0.1) is 36.7 Å². The number of esters is 4. The van der Waals surface area contributed by atoms with Gasteiger partial charge < -0.3 is 28.4 Å². The summed E-state index contributed by atoms with van der Waals surface area (Å²) in [6, 6.07) is 42.3. The van der Waals surface area contributed by atoms with Crippen LogP contribution in [0.4, 0.5) is 0 Å². The van der Waals surface area contributed by atoms with Gasteiger partial charge in [0.15, 0.2) is 0 Å². The molecular formula is C59H64O10. The van der Waals surface area contributed by atoms with E-state index >= 15 is 0 Å². The smallest absolute Gasteiger partial charge is 0.343 e. The van der Waals surface area contributed by atoms with E-state index < -0.39 is 29.8 Å².